The van der Waals surface area contributed by atoms with Gasteiger partial charge in [-0.25, -0.2) is 0 Å². The molecule has 0 aliphatic heterocycles. The number of benzene rings is 2. The number of carbonyl (C=O) groups excluding carboxylic acids is 2. The van der Waals surface area contributed by atoms with Crippen LogP contribution in [-0.4, -0.2) is 23.2 Å². The first-order valence-electron chi connectivity index (χ1n) is 7.43. The third kappa shape index (κ3) is 2.17. The molecule has 0 fully saturated rings. The lowest BCUT2D eigenvalue weighted by Gasteiger charge is -2.21. The molecule has 0 unspecified atom stereocenters. The fourth-order valence-electron chi connectivity index (χ4n) is 2.75. The first-order valence-corrected chi connectivity index (χ1v) is 7.43. The molecule has 1 aliphatic carbocycles. The Kier molecular flexibility index (Phi) is 3.67. The highest BCUT2D eigenvalue weighted by molar-refractivity contribution is 6.31. The third-order valence-electron chi connectivity index (χ3n) is 3.90. The van der Waals surface area contributed by atoms with Gasteiger partial charge < -0.3 is 10.4 Å². The van der Waals surface area contributed by atoms with Gasteiger partial charge in [0.1, 0.15) is 5.75 Å². The van der Waals surface area contributed by atoms with Crippen LogP contribution in [0.5, 0.6) is 5.75 Å². The molecular weight excluding hydrogens is 278 g/mol. The minimum atomic E-state index is -0.304. The standard InChI is InChI=1S/C18H17NO3/c1-2-3-10-19-13-8-9-14(20)16-15(13)17(21)11-6-4-5-7-12(11)18(16)22/h4-9,19-20H,2-3,10H2,1H3. The van der Waals surface area contributed by atoms with E-state index in [2.05, 4.69) is 12.2 Å². The van der Waals surface area contributed by atoms with E-state index in [4.69, 9.17) is 0 Å². The zero-order chi connectivity index (χ0) is 15.7. The summed E-state index contributed by atoms with van der Waals surface area (Å²) in [6.45, 7) is 2.80. The number of aromatic hydroxyl groups is 1. The van der Waals surface area contributed by atoms with Crippen LogP contribution < -0.4 is 5.32 Å². The van der Waals surface area contributed by atoms with Crippen LogP contribution in [0.25, 0.3) is 0 Å². The Bertz CT molecular complexity index is 765. The van der Waals surface area contributed by atoms with Crippen LogP contribution in [0.4, 0.5) is 5.69 Å². The van der Waals surface area contributed by atoms with Gasteiger partial charge in [0, 0.05) is 23.4 Å². The van der Waals surface area contributed by atoms with Gasteiger partial charge in [0.2, 0.25) is 0 Å². The third-order valence-corrected chi connectivity index (χ3v) is 3.90. The molecule has 0 heterocycles. The van der Waals surface area contributed by atoms with Gasteiger partial charge in [-0.3, -0.25) is 9.59 Å². The Balaban J connectivity index is 2.14. The van der Waals surface area contributed by atoms with Gasteiger partial charge in [0.05, 0.1) is 11.1 Å². The fourth-order valence-corrected chi connectivity index (χ4v) is 2.75. The molecule has 2 aromatic carbocycles. The molecule has 0 spiro atoms. The van der Waals surface area contributed by atoms with E-state index < -0.39 is 0 Å². The quantitative estimate of drug-likeness (QED) is 0.572. The summed E-state index contributed by atoms with van der Waals surface area (Å²) in [5.41, 5.74) is 1.73. The molecule has 22 heavy (non-hydrogen) atoms. The van der Waals surface area contributed by atoms with E-state index in [1.165, 1.54) is 6.07 Å². The topological polar surface area (TPSA) is 66.4 Å². The average molecular weight is 295 g/mol. The highest BCUT2D eigenvalue weighted by Crippen LogP contribution is 2.36. The lowest BCUT2D eigenvalue weighted by molar-refractivity contribution is 0.0977. The molecule has 4 nitrogen and oxygen atoms in total. The second-order valence-corrected chi connectivity index (χ2v) is 5.37. The molecule has 4 heteroatoms. The van der Waals surface area contributed by atoms with Crippen LogP contribution in [0.1, 0.15) is 51.6 Å². The van der Waals surface area contributed by atoms with Crippen molar-refractivity contribution in [2.45, 2.75) is 19.8 Å². The summed E-state index contributed by atoms with van der Waals surface area (Å²) in [5.74, 6) is -0.675. The number of unbranched alkanes of at least 4 members (excludes halogenated alkanes) is 1. The van der Waals surface area contributed by atoms with Crippen LogP contribution in [0, 0.1) is 0 Å². The summed E-state index contributed by atoms with van der Waals surface area (Å²) in [6.07, 6.45) is 2.00. The van der Waals surface area contributed by atoms with Crippen molar-refractivity contribution < 1.29 is 14.7 Å². The zero-order valence-electron chi connectivity index (χ0n) is 12.3. The van der Waals surface area contributed by atoms with Crippen molar-refractivity contribution in [3.63, 3.8) is 0 Å². The number of hydrogen-bond donors (Lipinski definition) is 2. The molecule has 0 saturated heterocycles. The maximum atomic E-state index is 12.8. The van der Waals surface area contributed by atoms with Crippen LogP contribution >= 0.6 is 0 Å². The molecular formula is C18H17NO3. The SMILES string of the molecule is CCCCNc1ccc(O)c2c1C(=O)c1ccccc1C2=O. The maximum absolute atomic E-state index is 12.8. The van der Waals surface area contributed by atoms with Gasteiger partial charge >= 0.3 is 0 Å². The number of ketones is 2. The molecule has 0 bridgehead atoms. The van der Waals surface area contributed by atoms with E-state index in [1.54, 1.807) is 30.3 Å². The lowest BCUT2D eigenvalue weighted by atomic mass is 9.82. The summed E-state index contributed by atoms with van der Waals surface area (Å²) < 4.78 is 0. The van der Waals surface area contributed by atoms with Gasteiger partial charge in [-0.05, 0) is 18.6 Å². The molecule has 0 aromatic heterocycles. The molecule has 112 valence electrons. The number of carbonyl (C=O) groups is 2. The second-order valence-electron chi connectivity index (χ2n) is 5.37. The van der Waals surface area contributed by atoms with Crippen molar-refractivity contribution >= 4 is 17.3 Å². The van der Waals surface area contributed by atoms with Gasteiger partial charge in [-0.2, -0.15) is 0 Å². The van der Waals surface area contributed by atoms with E-state index in [9.17, 15) is 14.7 Å². The van der Waals surface area contributed by atoms with Crippen LogP contribution in [0.15, 0.2) is 36.4 Å². The van der Waals surface area contributed by atoms with Crippen LogP contribution in [0.2, 0.25) is 0 Å². The smallest absolute Gasteiger partial charge is 0.198 e. The molecule has 0 atom stereocenters. The Morgan fingerprint density at radius 1 is 0.955 bits per heavy atom. The number of phenols is 1. The summed E-state index contributed by atoms with van der Waals surface area (Å²) in [5, 5.41) is 13.3. The van der Waals surface area contributed by atoms with E-state index in [0.29, 0.717) is 16.8 Å². The lowest BCUT2D eigenvalue weighted by Crippen LogP contribution is -2.22. The monoisotopic (exact) mass is 295 g/mol. The Morgan fingerprint density at radius 3 is 2.23 bits per heavy atom. The van der Waals surface area contributed by atoms with Crippen molar-refractivity contribution in [1.29, 1.82) is 0 Å². The van der Waals surface area contributed by atoms with Crippen molar-refractivity contribution in [2.24, 2.45) is 0 Å². The van der Waals surface area contributed by atoms with Crippen molar-refractivity contribution in [2.75, 3.05) is 11.9 Å². The van der Waals surface area contributed by atoms with Crippen LogP contribution in [-0.2, 0) is 0 Å². The molecule has 0 amide bonds. The minimum Gasteiger partial charge on any atom is -0.507 e. The number of phenolic OH excluding ortho intramolecular Hbond substituents is 1. The summed E-state index contributed by atoms with van der Waals surface area (Å²) in [7, 11) is 0. The minimum absolute atomic E-state index is 0.102. The number of anilines is 1. The normalized spacial score (nSPS) is 12.8. The highest BCUT2D eigenvalue weighted by Gasteiger charge is 2.33. The van der Waals surface area contributed by atoms with E-state index in [0.717, 1.165) is 19.4 Å². The summed E-state index contributed by atoms with van der Waals surface area (Å²) in [6, 6.07) is 9.85. The molecule has 0 radical (unpaired) electrons. The van der Waals surface area contributed by atoms with Crippen molar-refractivity contribution in [3.05, 3.63) is 58.7 Å². The highest BCUT2D eigenvalue weighted by atomic mass is 16.3. The number of nitrogens with one attached hydrogen (secondary N) is 1. The van der Waals surface area contributed by atoms with Crippen LogP contribution in [0.3, 0.4) is 0 Å². The Labute approximate surface area is 128 Å². The van der Waals surface area contributed by atoms with Gasteiger partial charge in [0.25, 0.3) is 0 Å². The zero-order valence-corrected chi connectivity index (χ0v) is 12.3. The number of rotatable bonds is 4. The predicted octanol–water partition coefficient (Wildman–Crippen LogP) is 3.38. The van der Waals surface area contributed by atoms with Gasteiger partial charge in [0.15, 0.2) is 11.6 Å². The number of fused-ring (bicyclic) bond motifs is 2. The van der Waals surface area contributed by atoms with E-state index in [-0.39, 0.29) is 28.4 Å². The van der Waals surface area contributed by atoms with E-state index >= 15 is 0 Å². The van der Waals surface area contributed by atoms with Crippen molar-refractivity contribution in [3.8, 4) is 5.75 Å². The summed E-state index contributed by atoms with van der Waals surface area (Å²) in [4.78, 5) is 25.4. The second kappa shape index (κ2) is 5.64. The van der Waals surface area contributed by atoms with E-state index in [1.807, 2.05) is 0 Å². The fraction of sp³-hybridized carbons (Fsp3) is 0.222. The first kappa shape index (κ1) is 14.3. The Morgan fingerprint density at radius 2 is 1.59 bits per heavy atom. The first-order chi connectivity index (χ1) is 10.6. The molecule has 3 rings (SSSR count). The van der Waals surface area contributed by atoms with Crippen molar-refractivity contribution in [1.82, 2.24) is 0 Å². The van der Waals surface area contributed by atoms with Gasteiger partial charge in [-0.1, -0.05) is 37.6 Å². The predicted molar refractivity (Wildman–Crippen MR) is 84.8 cm³/mol. The molecule has 2 aromatic rings. The maximum Gasteiger partial charge on any atom is 0.198 e. The number of hydrogen-bond acceptors (Lipinski definition) is 4. The Hall–Kier alpha value is -2.62. The molecule has 0 saturated carbocycles. The average Bonchev–Trinajstić information content (AvgIpc) is 2.54. The molecule has 2 N–H and O–H groups in total. The largest absolute Gasteiger partial charge is 0.507 e. The molecule has 1 aliphatic rings. The van der Waals surface area contributed by atoms with Gasteiger partial charge in [-0.15, -0.1) is 0 Å². The summed E-state index contributed by atoms with van der Waals surface area (Å²) >= 11 is 0.